The molecule has 140 valence electrons. The van der Waals surface area contributed by atoms with E-state index in [1.54, 1.807) is 47.2 Å². The normalized spacial score (nSPS) is 11.0. The summed E-state index contributed by atoms with van der Waals surface area (Å²) in [7, 11) is 0. The molecule has 0 saturated carbocycles. The van der Waals surface area contributed by atoms with Gasteiger partial charge in [-0.1, -0.05) is 23.7 Å². The van der Waals surface area contributed by atoms with Crippen LogP contribution in [0.5, 0.6) is 0 Å². The first-order chi connectivity index (χ1) is 13.6. The summed E-state index contributed by atoms with van der Waals surface area (Å²) in [4.78, 5) is 30.3. The molecule has 0 radical (unpaired) electrons. The summed E-state index contributed by atoms with van der Waals surface area (Å²) in [6, 6.07) is 10.3. The van der Waals surface area contributed by atoms with Crippen LogP contribution in [0, 0.1) is 0 Å². The number of nitrogens with zero attached hydrogens (tertiary/aromatic N) is 3. The first-order valence-electron chi connectivity index (χ1n) is 8.65. The largest absolute Gasteiger partial charge is 0.467 e. The molecule has 0 spiro atoms. The number of aromatic nitrogens is 3. The van der Waals surface area contributed by atoms with Crippen LogP contribution >= 0.6 is 0 Å². The highest BCUT2D eigenvalue weighted by Crippen LogP contribution is 2.15. The van der Waals surface area contributed by atoms with Crippen LogP contribution in [-0.2, 0) is 13.1 Å². The number of nitrogens with one attached hydrogen (secondary N) is 1. The molecule has 4 aromatic heterocycles. The number of carbonyl (C=O) groups is 1. The van der Waals surface area contributed by atoms with Crippen molar-refractivity contribution in [3.8, 4) is 0 Å². The van der Waals surface area contributed by atoms with Gasteiger partial charge in [0.15, 0.2) is 0 Å². The van der Waals surface area contributed by atoms with Gasteiger partial charge in [0.05, 0.1) is 19.4 Å². The molecule has 8 nitrogen and oxygen atoms in total. The predicted octanol–water partition coefficient (Wildman–Crippen LogP) is 1.43. The van der Waals surface area contributed by atoms with E-state index < -0.39 is 5.91 Å². The van der Waals surface area contributed by atoms with Crippen molar-refractivity contribution >= 4 is 28.4 Å². The number of nitrogens with two attached hydrogens (primary N) is 1. The Morgan fingerprint density at radius 1 is 1.36 bits per heavy atom. The average molecular weight is 376 g/mol. The summed E-state index contributed by atoms with van der Waals surface area (Å²) in [5, 5.41) is 3.05. The number of furan rings is 1. The summed E-state index contributed by atoms with van der Waals surface area (Å²) in [6.45, 7) is 4.24. The van der Waals surface area contributed by atoms with E-state index in [2.05, 4.69) is 16.9 Å². The number of pyridine rings is 2. The van der Waals surface area contributed by atoms with Gasteiger partial charge >= 0.3 is 0 Å². The lowest BCUT2D eigenvalue weighted by molar-refractivity contribution is -0.648. The minimum absolute atomic E-state index is 0.190. The molecule has 0 aliphatic carbocycles. The second-order valence-electron chi connectivity index (χ2n) is 6.19. The molecule has 0 aromatic carbocycles. The van der Waals surface area contributed by atoms with Crippen LogP contribution in [0.15, 0.2) is 70.7 Å². The highest BCUT2D eigenvalue weighted by Gasteiger charge is 2.23. The Morgan fingerprint density at radius 2 is 2.21 bits per heavy atom. The van der Waals surface area contributed by atoms with E-state index in [0.717, 1.165) is 0 Å². The van der Waals surface area contributed by atoms with Crippen molar-refractivity contribution in [1.29, 1.82) is 0 Å². The van der Waals surface area contributed by atoms with Crippen molar-refractivity contribution < 1.29 is 13.8 Å². The number of allylic oxidation sites excluding steroid dienone is 1. The lowest BCUT2D eigenvalue weighted by Crippen LogP contribution is -2.42. The monoisotopic (exact) mass is 376 g/mol. The van der Waals surface area contributed by atoms with Crippen molar-refractivity contribution in [1.82, 2.24) is 14.7 Å². The highest BCUT2D eigenvalue weighted by molar-refractivity contribution is 6.00. The molecule has 0 bridgehead atoms. The van der Waals surface area contributed by atoms with Crippen molar-refractivity contribution in [2.45, 2.75) is 13.1 Å². The van der Waals surface area contributed by atoms with Crippen LogP contribution in [0.1, 0.15) is 16.1 Å². The fraction of sp³-hybridized carbons (Fsp3) is 0.100. The number of anilines is 1. The minimum Gasteiger partial charge on any atom is -0.467 e. The van der Waals surface area contributed by atoms with Crippen LogP contribution in [0.2, 0.25) is 0 Å². The van der Waals surface area contributed by atoms with Crippen molar-refractivity contribution in [3.63, 3.8) is 0 Å². The van der Waals surface area contributed by atoms with Gasteiger partial charge in [-0.2, -0.15) is 0 Å². The molecular weight excluding hydrogens is 358 g/mol. The van der Waals surface area contributed by atoms with E-state index in [1.807, 2.05) is 0 Å². The predicted molar refractivity (Wildman–Crippen MR) is 104 cm³/mol. The lowest BCUT2D eigenvalue weighted by Gasteiger charge is -2.11. The Bertz CT molecular complexity index is 1260. The summed E-state index contributed by atoms with van der Waals surface area (Å²) in [6.07, 6.45) is 4.80. The SMILES string of the molecule is C=CC[n+]1c(N)c(C(=O)NCc2ccco2)cc2c(=O)n3ccccc3nc21. The third kappa shape index (κ3) is 2.90. The minimum atomic E-state index is -0.411. The van der Waals surface area contributed by atoms with Crippen molar-refractivity contribution in [2.75, 3.05) is 5.73 Å². The lowest BCUT2D eigenvalue weighted by atomic mass is 10.1. The quantitative estimate of drug-likeness (QED) is 0.311. The van der Waals surface area contributed by atoms with Gasteiger partial charge < -0.3 is 15.5 Å². The highest BCUT2D eigenvalue weighted by atomic mass is 16.3. The van der Waals surface area contributed by atoms with E-state index in [-0.39, 0.29) is 23.5 Å². The molecule has 0 aliphatic heterocycles. The van der Waals surface area contributed by atoms with Crippen LogP contribution in [0.4, 0.5) is 5.82 Å². The molecule has 4 rings (SSSR count). The maximum atomic E-state index is 13.0. The molecule has 1 amide bonds. The third-order valence-corrected chi connectivity index (χ3v) is 4.42. The number of hydrogen-bond donors (Lipinski definition) is 2. The zero-order chi connectivity index (χ0) is 19.7. The summed E-state index contributed by atoms with van der Waals surface area (Å²) < 4.78 is 8.26. The zero-order valence-electron chi connectivity index (χ0n) is 15.0. The van der Waals surface area contributed by atoms with Crippen LogP contribution < -0.4 is 21.2 Å². The number of hydrogen-bond acceptors (Lipinski definition) is 5. The standard InChI is InChI=1S/C20H17N5O3/c1-2-8-25-17(21)14(19(26)22-12-13-6-5-10-28-13)11-15-18(25)23-16-7-3-4-9-24(16)20(15)27/h2-7,9-11,21H,1,8,12H2,(H,22,26)/p+1. The van der Waals surface area contributed by atoms with E-state index in [4.69, 9.17) is 10.2 Å². The van der Waals surface area contributed by atoms with E-state index in [1.165, 1.54) is 16.7 Å². The van der Waals surface area contributed by atoms with Gasteiger partial charge in [0, 0.05) is 6.20 Å². The van der Waals surface area contributed by atoms with Gasteiger partial charge in [0.25, 0.3) is 17.1 Å². The number of carbonyl (C=O) groups excluding carboxylic acids is 1. The summed E-state index contributed by atoms with van der Waals surface area (Å²) >= 11 is 0. The van der Waals surface area contributed by atoms with Crippen molar-refractivity contribution in [2.24, 2.45) is 0 Å². The topological polar surface area (TPSA) is 107 Å². The molecule has 4 heterocycles. The van der Waals surface area contributed by atoms with Gasteiger partial charge in [-0.25, -0.2) is 4.57 Å². The first kappa shape index (κ1) is 17.5. The molecule has 0 aliphatic rings. The van der Waals surface area contributed by atoms with Gasteiger partial charge in [-0.3, -0.25) is 14.0 Å². The van der Waals surface area contributed by atoms with Crippen LogP contribution in [0.25, 0.3) is 16.7 Å². The third-order valence-electron chi connectivity index (χ3n) is 4.42. The number of fused-ring (bicyclic) bond motifs is 2. The van der Waals surface area contributed by atoms with Crippen LogP contribution in [0.3, 0.4) is 0 Å². The average Bonchev–Trinajstić information content (AvgIpc) is 3.22. The van der Waals surface area contributed by atoms with E-state index in [9.17, 15) is 9.59 Å². The Hall–Kier alpha value is -3.94. The number of rotatable bonds is 5. The number of amides is 1. The molecule has 0 unspecified atom stereocenters. The molecule has 28 heavy (non-hydrogen) atoms. The Kier molecular flexibility index (Phi) is 4.36. The molecule has 0 fully saturated rings. The second-order valence-corrected chi connectivity index (χ2v) is 6.19. The Labute approximate surface area is 159 Å². The maximum absolute atomic E-state index is 13.0. The fourth-order valence-corrected chi connectivity index (χ4v) is 3.07. The van der Waals surface area contributed by atoms with E-state index >= 15 is 0 Å². The molecular formula is C20H18N5O3+. The van der Waals surface area contributed by atoms with Gasteiger partial charge in [-0.15, -0.1) is 0 Å². The fourth-order valence-electron chi connectivity index (χ4n) is 3.07. The second kappa shape index (κ2) is 6.99. The van der Waals surface area contributed by atoms with Gasteiger partial charge in [-0.05, 0) is 30.3 Å². The molecule has 4 aromatic rings. The van der Waals surface area contributed by atoms with Crippen molar-refractivity contribution in [3.05, 3.63) is 83.2 Å². The summed E-state index contributed by atoms with van der Waals surface area (Å²) in [5.41, 5.74) is 7.06. The molecule has 0 atom stereocenters. The Morgan fingerprint density at radius 3 is 2.96 bits per heavy atom. The maximum Gasteiger partial charge on any atom is 0.278 e. The van der Waals surface area contributed by atoms with Gasteiger partial charge in [0.2, 0.25) is 11.5 Å². The van der Waals surface area contributed by atoms with Crippen LogP contribution in [-0.4, -0.2) is 15.3 Å². The Balaban J connectivity index is 1.89. The first-order valence-corrected chi connectivity index (χ1v) is 8.65. The zero-order valence-corrected chi connectivity index (χ0v) is 15.0. The van der Waals surface area contributed by atoms with Gasteiger partial charge in [0.1, 0.15) is 16.7 Å². The summed E-state index contributed by atoms with van der Waals surface area (Å²) in [5.74, 6) is 0.405. The molecule has 3 N–H and O–H groups in total. The molecule has 8 heteroatoms. The smallest absolute Gasteiger partial charge is 0.278 e. The number of nitrogen functional groups attached to an aromatic ring is 1. The van der Waals surface area contributed by atoms with E-state index in [0.29, 0.717) is 29.0 Å². The molecule has 0 saturated heterocycles.